The molecule has 156 valence electrons. The van der Waals surface area contributed by atoms with E-state index in [2.05, 4.69) is 5.32 Å². The fourth-order valence-corrected chi connectivity index (χ4v) is 3.30. The smallest absolute Gasteiger partial charge is 0.341 e. The maximum atomic E-state index is 13.0. The van der Waals surface area contributed by atoms with Crippen molar-refractivity contribution in [2.75, 3.05) is 18.5 Å². The van der Waals surface area contributed by atoms with E-state index < -0.39 is 11.6 Å². The normalized spacial score (nSPS) is 16.4. The van der Waals surface area contributed by atoms with Gasteiger partial charge in [-0.15, -0.1) is 0 Å². The Morgan fingerprint density at radius 1 is 1.18 bits per heavy atom. The van der Waals surface area contributed by atoms with Crippen LogP contribution in [0.25, 0.3) is 0 Å². The predicted octanol–water partition coefficient (Wildman–Crippen LogP) is 4.72. The molecule has 1 aliphatic rings. The molecule has 28 heavy (non-hydrogen) atoms. The van der Waals surface area contributed by atoms with E-state index in [0.717, 1.165) is 38.5 Å². The fourth-order valence-electron chi connectivity index (χ4n) is 3.30. The van der Waals surface area contributed by atoms with E-state index in [1.807, 2.05) is 20.8 Å². The van der Waals surface area contributed by atoms with E-state index in [1.54, 1.807) is 25.1 Å². The molecule has 1 atom stereocenters. The summed E-state index contributed by atoms with van der Waals surface area (Å²) in [6.45, 7) is 8.57. The largest absolute Gasteiger partial charge is 0.490 e. The molecule has 6 heteroatoms. The third-order valence-corrected chi connectivity index (χ3v) is 5.04. The van der Waals surface area contributed by atoms with Crippen LogP contribution >= 0.6 is 0 Å². The Labute approximate surface area is 167 Å². The van der Waals surface area contributed by atoms with Crippen LogP contribution in [0.1, 0.15) is 76.6 Å². The van der Waals surface area contributed by atoms with Gasteiger partial charge < -0.3 is 19.5 Å². The van der Waals surface area contributed by atoms with E-state index in [1.165, 1.54) is 0 Å². The first-order valence-corrected chi connectivity index (χ1v) is 10.4. The topological polar surface area (TPSA) is 73.9 Å². The molecular weight excluding hydrogens is 358 g/mol. The van der Waals surface area contributed by atoms with E-state index in [-0.39, 0.29) is 18.6 Å². The van der Waals surface area contributed by atoms with Crippen LogP contribution in [0.15, 0.2) is 18.2 Å². The number of amides is 1. The lowest BCUT2D eigenvalue weighted by Crippen LogP contribution is -2.43. The molecular formula is C22H33NO5. The zero-order valence-corrected chi connectivity index (χ0v) is 17.5. The SMILES string of the molecule is CCCOC1(C(=O)Nc2ccc(OC(C)CC)c(C(=O)OCC)c2)CCCC1. The lowest BCUT2D eigenvalue weighted by atomic mass is 10.0. The van der Waals surface area contributed by atoms with Crippen molar-refractivity contribution in [3.8, 4) is 5.75 Å². The van der Waals surface area contributed by atoms with Gasteiger partial charge in [-0.05, 0) is 70.6 Å². The molecule has 1 aromatic carbocycles. The van der Waals surface area contributed by atoms with E-state index in [9.17, 15) is 9.59 Å². The fraction of sp³-hybridized carbons (Fsp3) is 0.636. The Hall–Kier alpha value is -2.08. The van der Waals surface area contributed by atoms with Crippen molar-refractivity contribution in [1.29, 1.82) is 0 Å². The summed E-state index contributed by atoms with van der Waals surface area (Å²) in [5.41, 5.74) is 0.0808. The van der Waals surface area contributed by atoms with Gasteiger partial charge in [-0.3, -0.25) is 4.79 Å². The number of carbonyl (C=O) groups is 2. The van der Waals surface area contributed by atoms with Crippen LogP contribution in [-0.2, 0) is 14.3 Å². The first kappa shape index (κ1) is 22.2. The molecule has 0 bridgehead atoms. The Bertz CT molecular complexity index is 667. The number of rotatable bonds is 10. The van der Waals surface area contributed by atoms with Gasteiger partial charge in [0.2, 0.25) is 0 Å². The molecule has 1 unspecified atom stereocenters. The molecule has 1 amide bonds. The van der Waals surface area contributed by atoms with Gasteiger partial charge in [-0.25, -0.2) is 4.79 Å². The van der Waals surface area contributed by atoms with Gasteiger partial charge in [0.25, 0.3) is 5.91 Å². The van der Waals surface area contributed by atoms with Gasteiger partial charge in [0.15, 0.2) is 0 Å². The minimum absolute atomic E-state index is 0.0298. The molecule has 2 rings (SSSR count). The highest BCUT2D eigenvalue weighted by Gasteiger charge is 2.42. The Morgan fingerprint density at radius 2 is 1.89 bits per heavy atom. The maximum absolute atomic E-state index is 13.0. The van der Waals surface area contributed by atoms with Gasteiger partial charge in [-0.2, -0.15) is 0 Å². The van der Waals surface area contributed by atoms with Crippen molar-refractivity contribution in [2.45, 2.75) is 77.9 Å². The lowest BCUT2D eigenvalue weighted by Gasteiger charge is -2.28. The van der Waals surface area contributed by atoms with Gasteiger partial charge in [0, 0.05) is 12.3 Å². The van der Waals surface area contributed by atoms with Crippen molar-refractivity contribution >= 4 is 17.6 Å². The number of anilines is 1. The Kier molecular flexibility index (Phi) is 8.30. The number of esters is 1. The zero-order chi connectivity index (χ0) is 20.6. The summed E-state index contributed by atoms with van der Waals surface area (Å²) < 4.78 is 17.0. The summed E-state index contributed by atoms with van der Waals surface area (Å²) in [5, 5.41) is 2.94. The molecule has 1 aliphatic carbocycles. The highest BCUT2D eigenvalue weighted by atomic mass is 16.5. The second-order valence-electron chi connectivity index (χ2n) is 7.27. The van der Waals surface area contributed by atoms with Crippen molar-refractivity contribution in [1.82, 2.24) is 0 Å². The van der Waals surface area contributed by atoms with E-state index in [4.69, 9.17) is 14.2 Å². The van der Waals surface area contributed by atoms with E-state index in [0.29, 0.717) is 23.6 Å². The van der Waals surface area contributed by atoms with Crippen molar-refractivity contribution in [3.63, 3.8) is 0 Å². The number of nitrogens with one attached hydrogen (secondary N) is 1. The number of carbonyl (C=O) groups excluding carboxylic acids is 2. The molecule has 0 aliphatic heterocycles. The van der Waals surface area contributed by atoms with E-state index >= 15 is 0 Å². The highest BCUT2D eigenvalue weighted by Crippen LogP contribution is 2.35. The molecule has 0 saturated heterocycles. The van der Waals surface area contributed by atoms with Gasteiger partial charge in [-0.1, -0.05) is 13.8 Å². The van der Waals surface area contributed by atoms with Crippen molar-refractivity contribution in [3.05, 3.63) is 23.8 Å². The van der Waals surface area contributed by atoms with Crippen molar-refractivity contribution < 1.29 is 23.8 Å². The second kappa shape index (κ2) is 10.5. The maximum Gasteiger partial charge on any atom is 0.341 e. The summed E-state index contributed by atoms with van der Waals surface area (Å²) in [6, 6.07) is 5.08. The first-order chi connectivity index (χ1) is 13.5. The molecule has 1 aromatic rings. The van der Waals surface area contributed by atoms with Gasteiger partial charge >= 0.3 is 5.97 Å². The first-order valence-electron chi connectivity index (χ1n) is 10.4. The molecule has 1 saturated carbocycles. The van der Waals surface area contributed by atoms with Crippen LogP contribution < -0.4 is 10.1 Å². The van der Waals surface area contributed by atoms with Crippen LogP contribution in [0.5, 0.6) is 5.75 Å². The number of ether oxygens (including phenoxy) is 3. The third-order valence-electron chi connectivity index (χ3n) is 5.04. The number of benzene rings is 1. The van der Waals surface area contributed by atoms with Gasteiger partial charge in [0.1, 0.15) is 16.9 Å². The minimum Gasteiger partial charge on any atom is -0.490 e. The molecule has 6 nitrogen and oxygen atoms in total. The number of hydrogen-bond donors (Lipinski definition) is 1. The lowest BCUT2D eigenvalue weighted by molar-refractivity contribution is -0.140. The van der Waals surface area contributed by atoms with Crippen LogP contribution in [0.3, 0.4) is 0 Å². The molecule has 0 radical (unpaired) electrons. The standard InChI is InChI=1S/C22H33NO5/c1-5-14-27-22(12-8-9-13-22)21(25)23-17-10-11-19(28-16(4)6-2)18(15-17)20(24)26-7-3/h10-11,15-16H,5-9,12-14H2,1-4H3,(H,23,25). The minimum atomic E-state index is -0.772. The monoisotopic (exact) mass is 391 g/mol. The Balaban J connectivity index is 2.23. The van der Waals surface area contributed by atoms with Crippen LogP contribution in [0.4, 0.5) is 5.69 Å². The molecule has 0 spiro atoms. The summed E-state index contributed by atoms with van der Waals surface area (Å²) in [4.78, 5) is 25.4. The number of hydrogen-bond acceptors (Lipinski definition) is 5. The third kappa shape index (κ3) is 5.47. The quantitative estimate of drug-likeness (QED) is 0.584. The van der Waals surface area contributed by atoms with Gasteiger partial charge in [0.05, 0.1) is 12.7 Å². The molecule has 1 N–H and O–H groups in total. The Morgan fingerprint density at radius 3 is 2.50 bits per heavy atom. The van der Waals surface area contributed by atoms with Crippen LogP contribution in [-0.4, -0.2) is 36.8 Å². The predicted molar refractivity (Wildman–Crippen MR) is 109 cm³/mol. The summed E-state index contributed by atoms with van der Waals surface area (Å²) in [6.07, 6.45) is 5.05. The molecule has 1 fully saturated rings. The average molecular weight is 392 g/mol. The summed E-state index contributed by atoms with van der Waals surface area (Å²) in [7, 11) is 0. The molecule has 0 aromatic heterocycles. The molecule has 0 heterocycles. The van der Waals surface area contributed by atoms with Crippen LogP contribution in [0, 0.1) is 0 Å². The highest BCUT2D eigenvalue weighted by molar-refractivity contribution is 6.00. The second-order valence-corrected chi connectivity index (χ2v) is 7.27. The van der Waals surface area contributed by atoms with Crippen LogP contribution in [0.2, 0.25) is 0 Å². The van der Waals surface area contributed by atoms with Crippen molar-refractivity contribution in [2.24, 2.45) is 0 Å². The summed E-state index contributed by atoms with van der Waals surface area (Å²) in [5.74, 6) is -0.151. The zero-order valence-electron chi connectivity index (χ0n) is 17.5. The summed E-state index contributed by atoms with van der Waals surface area (Å²) >= 11 is 0. The average Bonchev–Trinajstić information content (AvgIpc) is 3.17.